The minimum absolute atomic E-state index is 0.567. The fourth-order valence-corrected chi connectivity index (χ4v) is 2.46. The fourth-order valence-electron chi connectivity index (χ4n) is 1.87. The van der Waals surface area contributed by atoms with Crippen molar-refractivity contribution in [2.45, 2.75) is 19.8 Å². The van der Waals surface area contributed by atoms with Crippen molar-refractivity contribution in [2.75, 3.05) is 0 Å². The Morgan fingerprint density at radius 2 is 2.00 bits per heavy atom. The van der Waals surface area contributed by atoms with Crippen molar-refractivity contribution < 1.29 is 0 Å². The van der Waals surface area contributed by atoms with E-state index in [1.165, 1.54) is 20.9 Å². The van der Waals surface area contributed by atoms with Crippen LogP contribution in [0.3, 0.4) is 0 Å². The largest absolute Gasteiger partial charge is 0.350 e. The van der Waals surface area contributed by atoms with Crippen LogP contribution >= 0.6 is 15.9 Å². The first-order valence-corrected chi connectivity index (χ1v) is 5.64. The Hall–Kier alpha value is -0.760. The third kappa shape index (κ3) is 1.38. The molecule has 1 aromatic carbocycles. The van der Waals surface area contributed by atoms with Crippen LogP contribution in [0, 0.1) is 0 Å². The lowest BCUT2D eigenvalue weighted by atomic mass is 10.0. The second-order valence-electron chi connectivity index (χ2n) is 3.98. The van der Waals surface area contributed by atoms with Crippen LogP contribution in [0.4, 0.5) is 0 Å². The van der Waals surface area contributed by atoms with Crippen molar-refractivity contribution >= 4 is 26.8 Å². The van der Waals surface area contributed by atoms with Crippen LogP contribution in [0.1, 0.15) is 25.3 Å². The van der Waals surface area contributed by atoms with E-state index in [9.17, 15) is 0 Å². The second-order valence-corrected chi connectivity index (χ2v) is 4.84. The highest BCUT2D eigenvalue weighted by molar-refractivity contribution is 9.10. The molecule has 2 heteroatoms. The van der Waals surface area contributed by atoms with E-state index in [4.69, 9.17) is 0 Å². The lowest BCUT2D eigenvalue weighted by Gasteiger charge is -2.03. The van der Waals surface area contributed by atoms with Crippen LogP contribution in [0.5, 0.6) is 0 Å². The maximum Gasteiger partial charge on any atom is 0.0492 e. The highest BCUT2D eigenvalue weighted by Gasteiger charge is 2.11. The zero-order valence-corrected chi connectivity index (χ0v) is 10.3. The maximum absolute atomic E-state index is 3.62. The summed E-state index contributed by atoms with van der Waals surface area (Å²) in [6.07, 6.45) is 2.22. The van der Waals surface area contributed by atoms with Crippen molar-refractivity contribution in [2.24, 2.45) is 7.05 Å². The van der Waals surface area contributed by atoms with E-state index in [0.717, 1.165) is 0 Å². The Balaban J connectivity index is 2.86. The summed E-state index contributed by atoms with van der Waals surface area (Å²) in [6, 6.07) is 6.34. The van der Waals surface area contributed by atoms with E-state index in [1.807, 2.05) is 0 Å². The molecule has 0 aliphatic heterocycles. The van der Waals surface area contributed by atoms with Gasteiger partial charge < -0.3 is 4.57 Å². The summed E-state index contributed by atoms with van der Waals surface area (Å²) in [5.74, 6) is 0.567. The lowest BCUT2D eigenvalue weighted by molar-refractivity contribution is 0.857. The molecule has 0 spiro atoms. The van der Waals surface area contributed by atoms with Crippen LogP contribution in [0.15, 0.2) is 28.9 Å². The number of aromatic nitrogens is 1. The van der Waals surface area contributed by atoms with Crippen molar-refractivity contribution in [3.05, 3.63) is 34.4 Å². The first kappa shape index (κ1) is 9.78. The summed E-state index contributed by atoms with van der Waals surface area (Å²) in [5, 5.41) is 1.35. The standard InChI is InChI=1S/C12H14BrN/c1-8(2)9-7-14(3)11-6-4-5-10(13)12(9)11/h4-8H,1-3H3. The van der Waals surface area contributed by atoms with Gasteiger partial charge >= 0.3 is 0 Å². The molecular formula is C12H14BrN. The van der Waals surface area contributed by atoms with Gasteiger partial charge in [0.2, 0.25) is 0 Å². The van der Waals surface area contributed by atoms with E-state index in [1.54, 1.807) is 0 Å². The molecule has 0 aliphatic rings. The van der Waals surface area contributed by atoms with Crippen molar-refractivity contribution in [1.82, 2.24) is 4.57 Å². The summed E-state index contributed by atoms with van der Waals surface area (Å²) in [6.45, 7) is 4.46. The molecule has 0 N–H and O–H groups in total. The van der Waals surface area contributed by atoms with Crippen molar-refractivity contribution in [1.29, 1.82) is 0 Å². The van der Waals surface area contributed by atoms with Crippen LogP contribution in [-0.4, -0.2) is 4.57 Å². The molecule has 1 heterocycles. The van der Waals surface area contributed by atoms with Gasteiger partial charge in [0.05, 0.1) is 0 Å². The zero-order valence-electron chi connectivity index (χ0n) is 8.71. The second kappa shape index (κ2) is 3.43. The lowest BCUT2D eigenvalue weighted by Crippen LogP contribution is -1.84. The molecule has 14 heavy (non-hydrogen) atoms. The third-order valence-electron chi connectivity index (χ3n) is 2.62. The van der Waals surface area contributed by atoms with Crippen LogP contribution < -0.4 is 0 Å². The molecule has 2 aromatic rings. The summed E-state index contributed by atoms with van der Waals surface area (Å²) in [5.41, 5.74) is 2.71. The highest BCUT2D eigenvalue weighted by Crippen LogP contribution is 2.32. The van der Waals surface area contributed by atoms with Gasteiger partial charge in [-0.2, -0.15) is 0 Å². The van der Waals surface area contributed by atoms with Gasteiger partial charge in [-0.1, -0.05) is 35.8 Å². The smallest absolute Gasteiger partial charge is 0.0492 e. The third-order valence-corrected chi connectivity index (χ3v) is 3.28. The van der Waals surface area contributed by atoms with Crippen LogP contribution in [0.25, 0.3) is 10.9 Å². The number of fused-ring (bicyclic) bond motifs is 1. The number of aryl methyl sites for hydroxylation is 1. The molecular weight excluding hydrogens is 238 g/mol. The maximum atomic E-state index is 3.62. The molecule has 0 radical (unpaired) electrons. The quantitative estimate of drug-likeness (QED) is 0.721. The SMILES string of the molecule is CC(C)c1cn(C)c2cccc(Br)c12. The number of benzene rings is 1. The molecule has 74 valence electrons. The molecule has 0 amide bonds. The molecule has 0 saturated heterocycles. The number of hydrogen-bond acceptors (Lipinski definition) is 0. The minimum atomic E-state index is 0.567. The molecule has 0 atom stereocenters. The van der Waals surface area contributed by atoms with Gasteiger partial charge in [-0.25, -0.2) is 0 Å². The highest BCUT2D eigenvalue weighted by atomic mass is 79.9. The fraction of sp³-hybridized carbons (Fsp3) is 0.333. The average Bonchev–Trinajstić information content (AvgIpc) is 2.46. The molecule has 2 rings (SSSR count). The molecule has 1 aromatic heterocycles. The summed E-state index contributed by atoms with van der Waals surface area (Å²) in [4.78, 5) is 0. The summed E-state index contributed by atoms with van der Waals surface area (Å²) in [7, 11) is 2.10. The van der Waals surface area contributed by atoms with Crippen LogP contribution in [0.2, 0.25) is 0 Å². The zero-order chi connectivity index (χ0) is 10.3. The van der Waals surface area contributed by atoms with Crippen molar-refractivity contribution in [3.63, 3.8) is 0 Å². The molecule has 0 fully saturated rings. The Bertz CT molecular complexity index is 468. The molecule has 0 saturated carbocycles. The van der Waals surface area contributed by atoms with E-state index in [2.05, 4.69) is 65.8 Å². The topological polar surface area (TPSA) is 4.93 Å². The number of rotatable bonds is 1. The van der Waals surface area contributed by atoms with Crippen molar-refractivity contribution in [3.8, 4) is 0 Å². The number of halogens is 1. The molecule has 0 aliphatic carbocycles. The van der Waals surface area contributed by atoms with Gasteiger partial charge in [-0.3, -0.25) is 0 Å². The first-order valence-electron chi connectivity index (χ1n) is 4.84. The van der Waals surface area contributed by atoms with E-state index in [0.29, 0.717) is 5.92 Å². The molecule has 1 nitrogen and oxygen atoms in total. The van der Waals surface area contributed by atoms with Gasteiger partial charge in [0, 0.05) is 28.6 Å². The summed E-state index contributed by atoms with van der Waals surface area (Å²) < 4.78 is 3.38. The minimum Gasteiger partial charge on any atom is -0.350 e. The van der Waals surface area contributed by atoms with Gasteiger partial charge in [-0.15, -0.1) is 0 Å². The Labute approximate surface area is 92.9 Å². The monoisotopic (exact) mass is 251 g/mol. The predicted octanol–water partition coefficient (Wildman–Crippen LogP) is 4.06. The van der Waals surface area contributed by atoms with Gasteiger partial charge in [0.15, 0.2) is 0 Å². The van der Waals surface area contributed by atoms with Gasteiger partial charge in [0.25, 0.3) is 0 Å². The number of nitrogens with zero attached hydrogens (tertiary/aromatic N) is 1. The van der Waals surface area contributed by atoms with Gasteiger partial charge in [0.1, 0.15) is 0 Å². The number of hydrogen-bond donors (Lipinski definition) is 0. The van der Waals surface area contributed by atoms with Gasteiger partial charge in [-0.05, 0) is 23.6 Å². The van der Waals surface area contributed by atoms with E-state index < -0.39 is 0 Å². The Morgan fingerprint density at radius 3 is 2.64 bits per heavy atom. The molecule has 0 bridgehead atoms. The average molecular weight is 252 g/mol. The van der Waals surface area contributed by atoms with E-state index >= 15 is 0 Å². The normalized spacial score (nSPS) is 11.5. The predicted molar refractivity (Wildman–Crippen MR) is 64.7 cm³/mol. The Morgan fingerprint density at radius 1 is 1.29 bits per heavy atom. The van der Waals surface area contributed by atoms with Crippen LogP contribution in [-0.2, 0) is 7.05 Å². The Kier molecular flexibility index (Phi) is 2.40. The first-order chi connectivity index (χ1) is 6.61. The summed E-state index contributed by atoms with van der Waals surface area (Å²) >= 11 is 3.62. The van der Waals surface area contributed by atoms with E-state index in [-0.39, 0.29) is 0 Å². The molecule has 0 unspecified atom stereocenters.